The molecule has 0 radical (unpaired) electrons. The zero-order valence-electron chi connectivity index (χ0n) is 9.31. The SMILES string of the molecule is CC1CN(c2ccnc(Cl)n2)C(C)C1C. The number of hydrogen-bond donors (Lipinski definition) is 0. The third-order valence-electron chi connectivity index (χ3n) is 3.54. The van der Waals surface area contributed by atoms with Gasteiger partial charge in [-0.2, -0.15) is 0 Å². The molecule has 2 rings (SSSR count). The van der Waals surface area contributed by atoms with Gasteiger partial charge in [-0.05, 0) is 36.4 Å². The van der Waals surface area contributed by atoms with Gasteiger partial charge in [0.05, 0.1) is 0 Å². The second kappa shape index (κ2) is 3.97. The largest absolute Gasteiger partial charge is 0.353 e. The van der Waals surface area contributed by atoms with Gasteiger partial charge in [0.2, 0.25) is 5.28 Å². The highest BCUT2D eigenvalue weighted by atomic mass is 35.5. The fourth-order valence-corrected chi connectivity index (χ4v) is 2.33. The van der Waals surface area contributed by atoms with Gasteiger partial charge in [-0.1, -0.05) is 13.8 Å². The summed E-state index contributed by atoms with van der Waals surface area (Å²) < 4.78 is 0. The van der Waals surface area contributed by atoms with Gasteiger partial charge in [-0.3, -0.25) is 0 Å². The van der Waals surface area contributed by atoms with E-state index in [0.717, 1.165) is 12.4 Å². The molecular formula is C11H16ClN3. The zero-order chi connectivity index (χ0) is 11.0. The maximum Gasteiger partial charge on any atom is 0.224 e. The Balaban J connectivity index is 2.25. The van der Waals surface area contributed by atoms with E-state index < -0.39 is 0 Å². The number of nitrogens with zero attached hydrogens (tertiary/aromatic N) is 3. The first-order valence-corrected chi connectivity index (χ1v) is 5.72. The summed E-state index contributed by atoms with van der Waals surface area (Å²) in [6.07, 6.45) is 1.71. The lowest BCUT2D eigenvalue weighted by Crippen LogP contribution is -2.29. The zero-order valence-corrected chi connectivity index (χ0v) is 10.1. The van der Waals surface area contributed by atoms with Gasteiger partial charge in [0.1, 0.15) is 5.82 Å². The Hall–Kier alpha value is -0.830. The summed E-state index contributed by atoms with van der Waals surface area (Å²) >= 11 is 5.79. The van der Waals surface area contributed by atoms with Gasteiger partial charge >= 0.3 is 0 Å². The topological polar surface area (TPSA) is 29.0 Å². The summed E-state index contributed by atoms with van der Waals surface area (Å²) in [7, 11) is 0. The minimum atomic E-state index is 0.326. The van der Waals surface area contributed by atoms with Crippen LogP contribution in [0.3, 0.4) is 0 Å². The highest BCUT2D eigenvalue weighted by Crippen LogP contribution is 2.32. The molecule has 0 amide bonds. The number of aromatic nitrogens is 2. The molecule has 0 N–H and O–H groups in total. The summed E-state index contributed by atoms with van der Waals surface area (Å²) in [6.45, 7) is 7.86. The summed E-state index contributed by atoms with van der Waals surface area (Å²) in [5, 5.41) is 0.326. The van der Waals surface area contributed by atoms with Crippen molar-refractivity contribution in [3.8, 4) is 0 Å². The van der Waals surface area contributed by atoms with Gasteiger partial charge in [-0.15, -0.1) is 0 Å². The van der Waals surface area contributed by atoms with E-state index in [0.29, 0.717) is 23.2 Å². The average molecular weight is 226 g/mol. The predicted molar refractivity (Wildman–Crippen MR) is 62.2 cm³/mol. The van der Waals surface area contributed by atoms with E-state index in [1.54, 1.807) is 6.20 Å². The second-order valence-corrected chi connectivity index (χ2v) is 4.75. The van der Waals surface area contributed by atoms with Crippen LogP contribution >= 0.6 is 11.6 Å². The van der Waals surface area contributed by atoms with Gasteiger partial charge in [-0.25, -0.2) is 9.97 Å². The fraction of sp³-hybridized carbons (Fsp3) is 0.636. The first-order chi connectivity index (χ1) is 7.09. The Morgan fingerprint density at radius 3 is 2.67 bits per heavy atom. The summed E-state index contributed by atoms with van der Waals surface area (Å²) in [5.74, 6) is 2.34. The quantitative estimate of drug-likeness (QED) is 0.688. The first kappa shape index (κ1) is 10.7. The molecule has 1 fully saturated rings. The van der Waals surface area contributed by atoms with Crippen LogP contribution in [0.5, 0.6) is 0 Å². The van der Waals surface area contributed by atoms with E-state index in [2.05, 4.69) is 35.6 Å². The molecule has 1 saturated heterocycles. The molecule has 1 aromatic heterocycles. The van der Waals surface area contributed by atoms with Gasteiger partial charge in [0.25, 0.3) is 0 Å². The Bertz CT molecular complexity index is 355. The maximum absolute atomic E-state index is 5.79. The molecular weight excluding hydrogens is 210 g/mol. The Labute approximate surface area is 95.5 Å². The Morgan fingerprint density at radius 2 is 2.13 bits per heavy atom. The molecule has 1 aliphatic rings. The normalized spacial score (nSPS) is 30.9. The van der Waals surface area contributed by atoms with Gasteiger partial charge in [0.15, 0.2) is 0 Å². The smallest absolute Gasteiger partial charge is 0.224 e. The van der Waals surface area contributed by atoms with Crippen LogP contribution in [0.25, 0.3) is 0 Å². The summed E-state index contributed by atoms with van der Waals surface area (Å²) in [5.41, 5.74) is 0. The molecule has 0 aliphatic carbocycles. The third-order valence-corrected chi connectivity index (χ3v) is 3.72. The van der Waals surface area contributed by atoms with Gasteiger partial charge < -0.3 is 4.90 Å². The molecule has 0 aromatic carbocycles. The molecule has 4 heteroatoms. The number of hydrogen-bond acceptors (Lipinski definition) is 3. The molecule has 15 heavy (non-hydrogen) atoms. The predicted octanol–water partition coefficient (Wildman–Crippen LogP) is 2.61. The lowest BCUT2D eigenvalue weighted by molar-refractivity contribution is 0.441. The van der Waals surface area contributed by atoms with Crippen molar-refractivity contribution in [3.05, 3.63) is 17.5 Å². The lowest BCUT2D eigenvalue weighted by atomic mass is 9.95. The molecule has 2 heterocycles. The van der Waals surface area contributed by atoms with Gasteiger partial charge in [0, 0.05) is 18.8 Å². The maximum atomic E-state index is 5.79. The standard InChI is InChI=1S/C11H16ClN3/c1-7-6-15(9(3)8(7)2)10-4-5-13-11(12)14-10/h4-5,7-9H,6H2,1-3H3. The molecule has 3 atom stereocenters. The molecule has 3 unspecified atom stereocenters. The lowest BCUT2D eigenvalue weighted by Gasteiger charge is -2.24. The van der Waals surface area contributed by atoms with E-state index in [1.165, 1.54) is 0 Å². The highest BCUT2D eigenvalue weighted by molar-refractivity contribution is 6.28. The molecule has 1 aliphatic heterocycles. The van der Waals surface area contributed by atoms with Crippen molar-refractivity contribution in [3.63, 3.8) is 0 Å². The minimum Gasteiger partial charge on any atom is -0.353 e. The Kier molecular flexibility index (Phi) is 2.83. The number of halogens is 1. The van der Waals surface area contributed by atoms with E-state index in [4.69, 9.17) is 11.6 Å². The third kappa shape index (κ3) is 1.93. The molecule has 1 aromatic rings. The van der Waals surface area contributed by atoms with Crippen LogP contribution in [0.2, 0.25) is 5.28 Å². The van der Waals surface area contributed by atoms with E-state index >= 15 is 0 Å². The minimum absolute atomic E-state index is 0.326. The molecule has 3 nitrogen and oxygen atoms in total. The summed E-state index contributed by atoms with van der Waals surface area (Å²) in [4.78, 5) is 10.5. The van der Waals surface area contributed by atoms with Crippen LogP contribution in [-0.2, 0) is 0 Å². The van der Waals surface area contributed by atoms with Crippen LogP contribution in [0.4, 0.5) is 5.82 Å². The van der Waals surface area contributed by atoms with Crippen LogP contribution in [0, 0.1) is 11.8 Å². The van der Waals surface area contributed by atoms with E-state index in [-0.39, 0.29) is 0 Å². The van der Waals surface area contributed by atoms with Crippen molar-refractivity contribution in [1.82, 2.24) is 9.97 Å². The van der Waals surface area contributed by atoms with E-state index in [1.807, 2.05) is 6.07 Å². The van der Waals surface area contributed by atoms with Crippen LogP contribution in [0.15, 0.2) is 12.3 Å². The molecule has 0 saturated carbocycles. The van der Waals surface area contributed by atoms with E-state index in [9.17, 15) is 0 Å². The summed E-state index contributed by atoms with van der Waals surface area (Å²) in [6, 6.07) is 2.44. The molecule has 0 spiro atoms. The van der Waals surface area contributed by atoms with Crippen LogP contribution in [-0.4, -0.2) is 22.6 Å². The monoisotopic (exact) mass is 225 g/mol. The molecule has 82 valence electrons. The van der Waals surface area contributed by atoms with Crippen molar-refractivity contribution in [2.75, 3.05) is 11.4 Å². The van der Waals surface area contributed by atoms with Crippen LogP contribution in [0.1, 0.15) is 20.8 Å². The number of anilines is 1. The fourth-order valence-electron chi connectivity index (χ4n) is 2.19. The first-order valence-electron chi connectivity index (χ1n) is 5.35. The number of rotatable bonds is 1. The highest BCUT2D eigenvalue weighted by Gasteiger charge is 2.34. The van der Waals surface area contributed by atoms with Crippen molar-refractivity contribution < 1.29 is 0 Å². The Morgan fingerprint density at radius 1 is 1.40 bits per heavy atom. The van der Waals surface area contributed by atoms with Crippen molar-refractivity contribution in [2.45, 2.75) is 26.8 Å². The van der Waals surface area contributed by atoms with Crippen molar-refractivity contribution >= 4 is 17.4 Å². The molecule has 0 bridgehead atoms. The average Bonchev–Trinajstić information content (AvgIpc) is 2.46. The van der Waals surface area contributed by atoms with Crippen molar-refractivity contribution in [2.24, 2.45) is 11.8 Å². The second-order valence-electron chi connectivity index (χ2n) is 4.41. The van der Waals surface area contributed by atoms with Crippen molar-refractivity contribution in [1.29, 1.82) is 0 Å². The van der Waals surface area contributed by atoms with Crippen LogP contribution < -0.4 is 4.90 Å².